The second-order valence-corrected chi connectivity index (χ2v) is 6.68. The quantitative estimate of drug-likeness (QED) is 0.812. The van der Waals surface area contributed by atoms with Gasteiger partial charge in [0.25, 0.3) is 0 Å². The highest BCUT2D eigenvalue weighted by atomic mass is 35.5. The van der Waals surface area contributed by atoms with Gasteiger partial charge in [-0.3, -0.25) is 4.79 Å². The van der Waals surface area contributed by atoms with Crippen LogP contribution in [0.4, 0.5) is 10.1 Å². The summed E-state index contributed by atoms with van der Waals surface area (Å²) in [5.41, 5.74) is 5.99. The maximum absolute atomic E-state index is 14.4. The summed E-state index contributed by atoms with van der Waals surface area (Å²) in [4.78, 5) is 25.2. The number of aliphatic carboxylic acids is 1. The zero-order valence-corrected chi connectivity index (χ0v) is 13.2. The van der Waals surface area contributed by atoms with E-state index in [-0.39, 0.29) is 16.3 Å². The van der Waals surface area contributed by atoms with Crippen LogP contribution in [0, 0.1) is 5.82 Å². The van der Waals surface area contributed by atoms with Gasteiger partial charge in [0.05, 0.1) is 5.02 Å². The number of nitrogens with zero attached hydrogens (tertiary/aromatic N) is 1. The third-order valence-corrected chi connectivity index (χ3v) is 4.98. The highest BCUT2D eigenvalue weighted by Crippen LogP contribution is 2.45. The lowest BCUT2D eigenvalue weighted by molar-refractivity contribution is -0.150. The summed E-state index contributed by atoms with van der Waals surface area (Å²) in [6, 6.07) is 2.02. The number of rotatable bonds is 2. The van der Waals surface area contributed by atoms with Crippen LogP contribution in [0.1, 0.15) is 31.7 Å². The Morgan fingerprint density at radius 1 is 1.52 bits per heavy atom. The first-order valence-electron chi connectivity index (χ1n) is 7.25. The molecule has 5 nitrogen and oxygen atoms in total. The van der Waals surface area contributed by atoms with Crippen molar-refractivity contribution in [1.82, 2.24) is 4.90 Å². The molecule has 1 fully saturated rings. The van der Waals surface area contributed by atoms with Gasteiger partial charge < -0.3 is 15.7 Å². The van der Waals surface area contributed by atoms with E-state index in [0.29, 0.717) is 24.8 Å². The molecule has 0 radical (unpaired) electrons. The van der Waals surface area contributed by atoms with Gasteiger partial charge in [0.2, 0.25) is 5.91 Å². The van der Waals surface area contributed by atoms with E-state index in [1.54, 1.807) is 0 Å². The van der Waals surface area contributed by atoms with E-state index in [2.05, 4.69) is 0 Å². The van der Waals surface area contributed by atoms with Gasteiger partial charge in [0.15, 0.2) is 5.82 Å². The Labute approximate surface area is 137 Å². The zero-order valence-electron chi connectivity index (χ0n) is 12.5. The molecule has 3 N–H and O–H groups in total. The topological polar surface area (TPSA) is 83.6 Å². The van der Waals surface area contributed by atoms with Crippen molar-refractivity contribution < 1.29 is 19.1 Å². The molecule has 0 bridgehead atoms. The number of carboxylic acids is 1. The van der Waals surface area contributed by atoms with Crippen LogP contribution in [0.2, 0.25) is 5.02 Å². The monoisotopic (exact) mass is 338 g/mol. The molecule has 2 aliphatic heterocycles. The van der Waals surface area contributed by atoms with Crippen molar-refractivity contribution in [3.05, 3.63) is 34.6 Å². The molecule has 0 saturated carbocycles. The van der Waals surface area contributed by atoms with Crippen LogP contribution in [-0.4, -0.2) is 33.5 Å². The minimum absolute atomic E-state index is 0.0648. The molecule has 0 aliphatic carbocycles. The molecule has 3 rings (SSSR count). The zero-order chi connectivity index (χ0) is 16.9. The fourth-order valence-corrected chi connectivity index (χ4v) is 3.79. The number of hydrogen-bond donors (Lipinski definition) is 2. The van der Waals surface area contributed by atoms with Crippen LogP contribution in [0.5, 0.6) is 0 Å². The third-order valence-electron chi connectivity index (χ3n) is 4.69. The minimum Gasteiger partial charge on any atom is -0.480 e. The molecular formula is C16H16ClFN2O3. The average Bonchev–Trinajstić information content (AvgIpc) is 2.81. The SMILES string of the molecule is CC12CC[C@@H](C(=O)O)N1C(=O)C=C(c1c(N)ccc(Cl)c1F)C2. The van der Waals surface area contributed by atoms with Gasteiger partial charge in [-0.2, -0.15) is 0 Å². The van der Waals surface area contributed by atoms with Crippen LogP contribution in [0.3, 0.4) is 0 Å². The number of carbonyl (C=O) groups excluding carboxylic acids is 1. The van der Waals surface area contributed by atoms with Gasteiger partial charge in [-0.05, 0) is 43.9 Å². The lowest BCUT2D eigenvalue weighted by atomic mass is 9.83. The van der Waals surface area contributed by atoms with Gasteiger partial charge in [-0.1, -0.05) is 11.6 Å². The van der Waals surface area contributed by atoms with Crippen LogP contribution < -0.4 is 5.73 Å². The summed E-state index contributed by atoms with van der Waals surface area (Å²) in [6.07, 6.45) is 2.53. The maximum Gasteiger partial charge on any atom is 0.326 e. The molecule has 2 aliphatic rings. The number of nitrogens with two attached hydrogens (primary N) is 1. The fourth-order valence-electron chi connectivity index (χ4n) is 3.63. The molecule has 0 aromatic heterocycles. The summed E-state index contributed by atoms with van der Waals surface area (Å²) in [6.45, 7) is 1.82. The van der Waals surface area contributed by atoms with Crippen LogP contribution in [0.15, 0.2) is 18.2 Å². The number of amides is 1. The number of carboxylic acid groups (broad SMARTS) is 1. The number of benzene rings is 1. The fraction of sp³-hybridized carbons (Fsp3) is 0.375. The van der Waals surface area contributed by atoms with Gasteiger partial charge in [-0.15, -0.1) is 0 Å². The average molecular weight is 339 g/mol. The van der Waals surface area contributed by atoms with E-state index < -0.39 is 29.3 Å². The molecular weight excluding hydrogens is 323 g/mol. The van der Waals surface area contributed by atoms with E-state index >= 15 is 0 Å². The van der Waals surface area contributed by atoms with Crippen molar-refractivity contribution in [2.24, 2.45) is 0 Å². The summed E-state index contributed by atoms with van der Waals surface area (Å²) in [7, 11) is 0. The highest BCUT2D eigenvalue weighted by Gasteiger charge is 2.50. The highest BCUT2D eigenvalue weighted by molar-refractivity contribution is 6.31. The Morgan fingerprint density at radius 2 is 2.22 bits per heavy atom. The van der Waals surface area contributed by atoms with Crippen molar-refractivity contribution in [2.45, 2.75) is 37.8 Å². The van der Waals surface area contributed by atoms with Crippen molar-refractivity contribution in [1.29, 1.82) is 0 Å². The van der Waals surface area contributed by atoms with Crippen molar-refractivity contribution in [2.75, 3.05) is 5.73 Å². The molecule has 23 heavy (non-hydrogen) atoms. The first kappa shape index (κ1) is 15.8. The molecule has 2 heterocycles. The number of carbonyl (C=O) groups is 2. The second kappa shape index (κ2) is 5.23. The Morgan fingerprint density at radius 3 is 2.87 bits per heavy atom. The summed E-state index contributed by atoms with van der Waals surface area (Å²) >= 11 is 5.82. The number of fused-ring (bicyclic) bond motifs is 1. The first-order valence-corrected chi connectivity index (χ1v) is 7.63. The molecule has 122 valence electrons. The Kier molecular flexibility index (Phi) is 3.59. The molecule has 1 aromatic rings. The first-order chi connectivity index (χ1) is 10.7. The predicted molar refractivity (Wildman–Crippen MR) is 84.3 cm³/mol. The standard InChI is InChI=1S/C16H16ClFN2O3/c1-16-5-4-11(15(22)23)20(16)12(21)6-8(7-16)13-10(19)3-2-9(17)14(13)18/h2-3,6,11H,4-5,7,19H2,1H3,(H,22,23)/t11-,16?/m0/s1. The van der Waals surface area contributed by atoms with Crippen molar-refractivity contribution >= 4 is 34.7 Å². The molecule has 1 saturated heterocycles. The lowest BCUT2D eigenvalue weighted by Gasteiger charge is -2.41. The Balaban J connectivity index is 2.08. The van der Waals surface area contributed by atoms with E-state index in [4.69, 9.17) is 17.3 Å². The van der Waals surface area contributed by atoms with Gasteiger partial charge in [-0.25, -0.2) is 9.18 Å². The summed E-state index contributed by atoms with van der Waals surface area (Å²) in [5.74, 6) is -2.11. The minimum atomic E-state index is -1.02. The number of hydrogen-bond acceptors (Lipinski definition) is 3. The summed E-state index contributed by atoms with van der Waals surface area (Å²) < 4.78 is 14.4. The molecule has 1 aromatic carbocycles. The Bertz CT molecular complexity index is 749. The second-order valence-electron chi connectivity index (χ2n) is 6.27. The van der Waals surface area contributed by atoms with E-state index in [9.17, 15) is 19.1 Å². The number of halogens is 2. The molecule has 1 amide bonds. The maximum atomic E-state index is 14.4. The molecule has 2 atom stereocenters. The van der Waals surface area contributed by atoms with Crippen LogP contribution in [-0.2, 0) is 9.59 Å². The van der Waals surface area contributed by atoms with Crippen LogP contribution in [0.25, 0.3) is 5.57 Å². The van der Waals surface area contributed by atoms with E-state index in [0.717, 1.165) is 0 Å². The van der Waals surface area contributed by atoms with E-state index in [1.807, 2.05) is 6.92 Å². The third kappa shape index (κ3) is 2.37. The van der Waals surface area contributed by atoms with Crippen molar-refractivity contribution in [3.8, 4) is 0 Å². The smallest absolute Gasteiger partial charge is 0.326 e. The largest absolute Gasteiger partial charge is 0.480 e. The molecule has 0 spiro atoms. The predicted octanol–water partition coefficient (Wildman–Crippen LogP) is 2.68. The summed E-state index contributed by atoms with van der Waals surface area (Å²) in [5, 5.41) is 9.22. The van der Waals surface area contributed by atoms with Crippen LogP contribution >= 0.6 is 11.6 Å². The molecule has 1 unspecified atom stereocenters. The van der Waals surface area contributed by atoms with Gasteiger partial charge in [0, 0.05) is 22.9 Å². The van der Waals surface area contributed by atoms with Crippen molar-refractivity contribution in [3.63, 3.8) is 0 Å². The molecule has 7 heteroatoms. The van der Waals surface area contributed by atoms with Gasteiger partial charge in [0.1, 0.15) is 6.04 Å². The van der Waals surface area contributed by atoms with Gasteiger partial charge >= 0.3 is 5.97 Å². The lowest BCUT2D eigenvalue weighted by Crippen LogP contribution is -2.52. The number of nitrogen functional groups attached to an aromatic ring is 1. The van der Waals surface area contributed by atoms with E-state index in [1.165, 1.54) is 23.1 Å². The Hall–Kier alpha value is -2.08. The normalized spacial score (nSPS) is 26.9. The number of anilines is 1.